The molecule has 16 nitrogen and oxygen atoms in total. The molecular weight excluding hydrogens is 465 g/mol. The molecule has 1 aromatic heterocycles. The van der Waals surface area contributed by atoms with Crippen LogP contribution in [0.2, 0.25) is 0 Å². The van der Waals surface area contributed by atoms with E-state index >= 15 is 0 Å². The van der Waals surface area contributed by atoms with E-state index in [1.54, 1.807) is 0 Å². The lowest BCUT2D eigenvalue weighted by Crippen LogP contribution is -2.33. The summed E-state index contributed by atoms with van der Waals surface area (Å²) in [5.74, 6) is 0. The number of aliphatic hydroxyl groups is 1. The Morgan fingerprint density at radius 2 is 1.79 bits per heavy atom. The number of aromatic amines is 1. The first-order chi connectivity index (χ1) is 13.1. The molecule has 166 valence electrons. The number of ether oxygens (including phenoxy) is 1. The number of aryl methyl sites for hydroxylation is 1. The van der Waals surface area contributed by atoms with E-state index in [2.05, 4.69) is 13.1 Å². The second kappa shape index (κ2) is 8.63. The number of aromatic nitrogens is 2. The van der Waals surface area contributed by atoms with E-state index in [0.29, 0.717) is 0 Å². The van der Waals surface area contributed by atoms with Gasteiger partial charge in [-0.2, -0.15) is 8.62 Å². The minimum absolute atomic E-state index is 0.171. The molecule has 0 saturated carbocycles. The minimum Gasteiger partial charge on any atom is -0.390 e. The Bertz CT molecular complexity index is 1010. The van der Waals surface area contributed by atoms with E-state index in [1.165, 1.54) is 13.1 Å². The molecule has 5 atom stereocenters. The summed E-state index contributed by atoms with van der Waals surface area (Å²) < 4.78 is 51.3. The molecule has 2 heterocycles. The fourth-order valence-corrected chi connectivity index (χ4v) is 5.34. The van der Waals surface area contributed by atoms with Crippen LogP contribution in [0.4, 0.5) is 0 Å². The largest absolute Gasteiger partial charge is 0.490 e. The summed E-state index contributed by atoms with van der Waals surface area (Å²) in [7, 11) is -16.6. The van der Waals surface area contributed by atoms with E-state index in [1.807, 2.05) is 4.98 Å². The zero-order chi connectivity index (χ0) is 22.2. The quantitative estimate of drug-likeness (QED) is 0.239. The number of hydrogen-bond donors (Lipinski definition) is 6. The Kier molecular flexibility index (Phi) is 7.23. The smallest absolute Gasteiger partial charge is 0.390 e. The number of H-pyrrole nitrogens is 1. The van der Waals surface area contributed by atoms with Gasteiger partial charge in [0.2, 0.25) is 0 Å². The monoisotopic (exact) mass is 482 g/mol. The van der Waals surface area contributed by atoms with Gasteiger partial charge in [0.05, 0.1) is 12.7 Å². The van der Waals surface area contributed by atoms with Crippen molar-refractivity contribution in [3.63, 3.8) is 0 Å². The van der Waals surface area contributed by atoms with Crippen LogP contribution in [0.3, 0.4) is 0 Å². The van der Waals surface area contributed by atoms with Gasteiger partial charge in [0, 0.05) is 18.2 Å². The Balaban J connectivity index is 2.03. The molecule has 1 fully saturated rings. The van der Waals surface area contributed by atoms with Gasteiger partial charge in [-0.1, -0.05) is 0 Å². The fourth-order valence-electron chi connectivity index (χ4n) is 2.31. The molecule has 0 aromatic carbocycles. The zero-order valence-corrected chi connectivity index (χ0v) is 17.1. The molecule has 0 spiro atoms. The van der Waals surface area contributed by atoms with Crippen molar-refractivity contribution >= 4 is 23.5 Å². The van der Waals surface area contributed by atoms with Crippen molar-refractivity contribution < 1.29 is 56.3 Å². The maximum atomic E-state index is 11.9. The number of phosphoric acid groups is 3. The normalized spacial score (nSPS) is 26.8. The van der Waals surface area contributed by atoms with Gasteiger partial charge in [0.1, 0.15) is 12.3 Å². The second-order valence-electron chi connectivity index (χ2n) is 5.80. The van der Waals surface area contributed by atoms with Crippen molar-refractivity contribution in [1.29, 1.82) is 0 Å². The summed E-state index contributed by atoms with van der Waals surface area (Å²) in [5, 5.41) is 9.98. The molecule has 0 aliphatic carbocycles. The van der Waals surface area contributed by atoms with E-state index in [9.17, 15) is 33.3 Å². The Morgan fingerprint density at radius 3 is 2.38 bits per heavy atom. The van der Waals surface area contributed by atoms with Gasteiger partial charge in [-0.25, -0.2) is 18.5 Å². The minimum atomic E-state index is -5.67. The molecule has 2 rings (SSSR count). The maximum Gasteiger partial charge on any atom is 0.490 e. The summed E-state index contributed by atoms with van der Waals surface area (Å²) in [5.41, 5.74) is -1.26. The van der Waals surface area contributed by atoms with Gasteiger partial charge in [0.25, 0.3) is 5.56 Å². The third kappa shape index (κ3) is 7.03. The van der Waals surface area contributed by atoms with Crippen LogP contribution in [0.15, 0.2) is 15.8 Å². The van der Waals surface area contributed by atoms with Crippen molar-refractivity contribution in [2.24, 2.45) is 0 Å². The average molecular weight is 482 g/mol. The third-order valence-electron chi connectivity index (χ3n) is 3.48. The lowest BCUT2D eigenvalue weighted by Gasteiger charge is -2.19. The third-order valence-corrected chi connectivity index (χ3v) is 7.28. The van der Waals surface area contributed by atoms with Crippen molar-refractivity contribution in [2.75, 3.05) is 6.61 Å². The highest BCUT2D eigenvalue weighted by Gasteiger charge is 2.42. The molecule has 1 saturated heterocycles. The Hall–Kier alpha value is -0.990. The number of nitrogens with one attached hydrogen (secondary N) is 1. The molecule has 1 aliphatic rings. The first kappa shape index (κ1) is 24.3. The summed E-state index contributed by atoms with van der Waals surface area (Å²) in [6, 6.07) is 0. The first-order valence-corrected chi connectivity index (χ1v) is 12.0. The predicted octanol–water partition coefficient (Wildman–Crippen LogP) is -1.16. The van der Waals surface area contributed by atoms with E-state index in [0.717, 1.165) is 4.57 Å². The van der Waals surface area contributed by atoms with Crippen LogP contribution >= 0.6 is 23.5 Å². The number of nitrogens with zero attached hydrogens (tertiary/aromatic N) is 1. The molecule has 1 aromatic rings. The predicted molar refractivity (Wildman–Crippen MR) is 90.4 cm³/mol. The molecule has 29 heavy (non-hydrogen) atoms. The van der Waals surface area contributed by atoms with Crippen molar-refractivity contribution in [3.8, 4) is 0 Å². The van der Waals surface area contributed by atoms with Crippen LogP contribution in [-0.2, 0) is 31.6 Å². The summed E-state index contributed by atoms with van der Waals surface area (Å²) in [6.07, 6.45) is -2.67. The molecule has 0 amide bonds. The molecular formula is C10H17N2O14P3. The first-order valence-electron chi connectivity index (χ1n) is 7.52. The molecule has 19 heteroatoms. The number of rotatable bonds is 8. The van der Waals surface area contributed by atoms with Crippen molar-refractivity contribution in [1.82, 2.24) is 9.55 Å². The Labute approximate surface area is 161 Å². The Morgan fingerprint density at radius 1 is 1.17 bits per heavy atom. The lowest BCUT2D eigenvalue weighted by atomic mass is 10.2. The van der Waals surface area contributed by atoms with Crippen molar-refractivity contribution in [3.05, 3.63) is 32.6 Å². The van der Waals surface area contributed by atoms with Gasteiger partial charge < -0.3 is 29.4 Å². The molecule has 0 radical (unpaired) electrons. The average Bonchev–Trinajstić information content (AvgIpc) is 2.86. The van der Waals surface area contributed by atoms with Crippen LogP contribution in [0, 0.1) is 6.92 Å². The molecule has 3 unspecified atom stereocenters. The van der Waals surface area contributed by atoms with Crippen LogP contribution in [-0.4, -0.2) is 53.0 Å². The van der Waals surface area contributed by atoms with Crippen molar-refractivity contribution in [2.45, 2.75) is 31.8 Å². The number of hydrogen-bond acceptors (Lipinski definition) is 10. The standard InChI is InChI=1S/C10H17N2O14P3/c1-5-3-12(10(15)11-9(5)14)8-2-6(13)7(24-8)4-23-28(19,20)26-29(21,22)25-27(16,17)18/h3,6-8,13H,2,4H2,1H3,(H,19,20)(H,21,22)(H,11,14,15)(H2,16,17,18)/t6-,7?,8-/m1/s1. The summed E-state index contributed by atoms with van der Waals surface area (Å²) >= 11 is 0. The SMILES string of the molecule is Cc1cn([C@H]2C[C@@H](O)C(COP(=O)(O)OP(=O)(O)OP(=O)(O)O)O2)c(=O)[nH]c1=O. The van der Waals surface area contributed by atoms with Crippen LogP contribution in [0.5, 0.6) is 0 Å². The van der Waals surface area contributed by atoms with E-state index in [4.69, 9.17) is 19.4 Å². The topological polar surface area (TPSA) is 244 Å². The lowest BCUT2D eigenvalue weighted by molar-refractivity contribution is -0.0450. The summed E-state index contributed by atoms with van der Waals surface area (Å²) in [6.45, 7) is 0.547. The maximum absolute atomic E-state index is 11.9. The van der Waals surface area contributed by atoms with Gasteiger partial charge in [-0.05, 0) is 6.92 Å². The van der Waals surface area contributed by atoms with Crippen LogP contribution in [0.1, 0.15) is 18.2 Å². The fraction of sp³-hybridized carbons (Fsp3) is 0.600. The van der Waals surface area contributed by atoms with Gasteiger partial charge >= 0.3 is 29.2 Å². The number of phosphoric ester groups is 1. The summed E-state index contributed by atoms with van der Waals surface area (Å²) in [4.78, 5) is 60.6. The highest BCUT2D eigenvalue weighted by atomic mass is 31.3. The highest BCUT2D eigenvalue weighted by molar-refractivity contribution is 7.66. The van der Waals surface area contributed by atoms with Gasteiger partial charge in [-0.15, -0.1) is 0 Å². The number of aliphatic hydroxyl groups excluding tert-OH is 1. The van der Waals surface area contributed by atoms with E-state index < -0.39 is 59.8 Å². The molecule has 0 bridgehead atoms. The second-order valence-corrected chi connectivity index (χ2v) is 10.2. The van der Waals surface area contributed by atoms with Crippen LogP contribution < -0.4 is 11.2 Å². The molecule has 6 N–H and O–H groups in total. The van der Waals surface area contributed by atoms with Gasteiger partial charge in [-0.3, -0.25) is 18.9 Å². The zero-order valence-electron chi connectivity index (χ0n) is 14.4. The molecule has 1 aliphatic heterocycles. The van der Waals surface area contributed by atoms with Crippen LogP contribution in [0.25, 0.3) is 0 Å². The van der Waals surface area contributed by atoms with Gasteiger partial charge in [0.15, 0.2) is 0 Å². The highest BCUT2D eigenvalue weighted by Crippen LogP contribution is 2.66. The van der Waals surface area contributed by atoms with E-state index in [-0.39, 0.29) is 12.0 Å².